The molecule has 1 N–H and O–H groups in total. The first-order valence-electron chi connectivity index (χ1n) is 9.65. The van der Waals surface area contributed by atoms with Crippen LogP contribution in [0.15, 0.2) is 53.1 Å². The Balaban J connectivity index is 1.93. The number of aromatic nitrogens is 1. The number of ether oxygens (including phenoxy) is 2. The van der Waals surface area contributed by atoms with Crippen molar-refractivity contribution in [1.82, 2.24) is 10.3 Å². The van der Waals surface area contributed by atoms with Gasteiger partial charge in [0.1, 0.15) is 11.5 Å². The van der Waals surface area contributed by atoms with E-state index in [0.717, 1.165) is 18.4 Å². The minimum Gasteiger partial charge on any atom is -0.497 e. The van der Waals surface area contributed by atoms with Crippen LogP contribution in [0.3, 0.4) is 0 Å². The topological polar surface area (TPSA) is 73.6 Å². The highest BCUT2D eigenvalue weighted by molar-refractivity contribution is 6.00. The van der Waals surface area contributed by atoms with E-state index in [0.29, 0.717) is 34.3 Å². The molecule has 3 aromatic rings. The lowest BCUT2D eigenvalue weighted by Gasteiger charge is -2.14. The minimum absolute atomic E-state index is 0.101. The van der Waals surface area contributed by atoms with E-state index in [1.807, 2.05) is 37.3 Å². The number of hydrogen-bond donors (Lipinski definition) is 1. The van der Waals surface area contributed by atoms with Crippen LogP contribution in [0.25, 0.3) is 22.8 Å². The second-order valence-corrected chi connectivity index (χ2v) is 6.80. The number of carbonyl (C=O) groups is 1. The van der Waals surface area contributed by atoms with Crippen LogP contribution in [0.4, 0.5) is 0 Å². The molecule has 3 rings (SSSR count). The second-order valence-electron chi connectivity index (χ2n) is 6.80. The smallest absolute Gasteiger partial charge is 0.252 e. The Bertz CT molecular complexity index is 981. The Morgan fingerprint density at radius 3 is 2.66 bits per heavy atom. The summed E-state index contributed by atoms with van der Waals surface area (Å²) in [5.41, 5.74) is 1.93. The van der Waals surface area contributed by atoms with Gasteiger partial charge in [0.15, 0.2) is 5.76 Å². The fraction of sp³-hybridized carbons (Fsp3) is 0.304. The zero-order valence-electron chi connectivity index (χ0n) is 17.2. The van der Waals surface area contributed by atoms with Gasteiger partial charge in [0, 0.05) is 17.7 Å². The van der Waals surface area contributed by atoms with Gasteiger partial charge in [-0.1, -0.05) is 25.5 Å². The molecule has 0 radical (unpaired) electrons. The maximum atomic E-state index is 12.8. The van der Waals surface area contributed by atoms with Gasteiger partial charge in [-0.3, -0.25) is 4.79 Å². The third-order valence-electron chi connectivity index (χ3n) is 4.68. The summed E-state index contributed by atoms with van der Waals surface area (Å²) in [6.45, 7) is 4.10. The molecule has 1 heterocycles. The number of benzene rings is 2. The lowest BCUT2D eigenvalue weighted by molar-refractivity contribution is 0.0938. The number of amides is 1. The van der Waals surface area contributed by atoms with Crippen molar-refractivity contribution in [3.05, 3.63) is 54.2 Å². The van der Waals surface area contributed by atoms with Gasteiger partial charge in [0.25, 0.3) is 5.91 Å². The summed E-state index contributed by atoms with van der Waals surface area (Å²) in [6, 6.07) is 12.9. The minimum atomic E-state index is -0.136. The Morgan fingerprint density at radius 1 is 1.14 bits per heavy atom. The molecule has 0 aliphatic carbocycles. The van der Waals surface area contributed by atoms with E-state index in [2.05, 4.69) is 17.2 Å². The van der Waals surface area contributed by atoms with Gasteiger partial charge in [-0.25, -0.2) is 4.98 Å². The first-order chi connectivity index (χ1) is 14.1. The van der Waals surface area contributed by atoms with Crippen LogP contribution in [0.2, 0.25) is 0 Å². The molecule has 2 aromatic carbocycles. The average Bonchev–Trinajstić information content (AvgIpc) is 3.23. The Morgan fingerprint density at radius 2 is 1.93 bits per heavy atom. The molecule has 1 aromatic heterocycles. The molecule has 0 aliphatic rings. The third-order valence-corrected chi connectivity index (χ3v) is 4.68. The molecule has 0 saturated heterocycles. The SMILES string of the molecule is CCC[C@H](C)NC(=O)c1ccccc1-c1ncc(-c2ccc(OC)cc2OC)o1. The molecule has 6 heteroatoms. The molecule has 0 spiro atoms. The molecule has 0 fully saturated rings. The monoisotopic (exact) mass is 394 g/mol. The van der Waals surface area contributed by atoms with Crippen molar-refractivity contribution in [2.24, 2.45) is 0 Å². The largest absolute Gasteiger partial charge is 0.497 e. The van der Waals surface area contributed by atoms with E-state index in [9.17, 15) is 4.79 Å². The molecule has 1 atom stereocenters. The Labute approximate surface area is 170 Å². The van der Waals surface area contributed by atoms with Crippen LogP contribution in [-0.2, 0) is 0 Å². The highest BCUT2D eigenvalue weighted by Crippen LogP contribution is 2.35. The molecule has 1 amide bonds. The zero-order valence-corrected chi connectivity index (χ0v) is 17.2. The van der Waals surface area contributed by atoms with E-state index >= 15 is 0 Å². The number of hydrogen-bond acceptors (Lipinski definition) is 5. The van der Waals surface area contributed by atoms with E-state index in [4.69, 9.17) is 13.9 Å². The number of nitrogens with zero attached hydrogens (tertiary/aromatic N) is 1. The molecule has 0 bridgehead atoms. The summed E-state index contributed by atoms with van der Waals surface area (Å²) >= 11 is 0. The lowest BCUT2D eigenvalue weighted by Crippen LogP contribution is -2.32. The average molecular weight is 394 g/mol. The van der Waals surface area contributed by atoms with E-state index in [1.165, 1.54) is 0 Å². The number of oxazole rings is 1. The van der Waals surface area contributed by atoms with Gasteiger partial charge >= 0.3 is 0 Å². The highest BCUT2D eigenvalue weighted by atomic mass is 16.5. The van der Waals surface area contributed by atoms with Crippen molar-refractivity contribution in [2.45, 2.75) is 32.7 Å². The van der Waals surface area contributed by atoms with Gasteiger partial charge in [0.2, 0.25) is 5.89 Å². The van der Waals surface area contributed by atoms with Crippen molar-refractivity contribution >= 4 is 5.91 Å². The van der Waals surface area contributed by atoms with Crippen molar-refractivity contribution < 1.29 is 18.7 Å². The van der Waals surface area contributed by atoms with Crippen molar-refractivity contribution in [3.8, 4) is 34.3 Å². The van der Waals surface area contributed by atoms with Gasteiger partial charge in [-0.05, 0) is 37.6 Å². The van der Waals surface area contributed by atoms with Gasteiger partial charge < -0.3 is 19.2 Å². The lowest BCUT2D eigenvalue weighted by atomic mass is 10.1. The number of carbonyl (C=O) groups excluding carboxylic acids is 1. The number of nitrogens with one attached hydrogen (secondary N) is 1. The van der Waals surface area contributed by atoms with Crippen molar-refractivity contribution in [1.29, 1.82) is 0 Å². The molecule has 29 heavy (non-hydrogen) atoms. The first-order valence-corrected chi connectivity index (χ1v) is 9.65. The normalized spacial score (nSPS) is 11.7. The summed E-state index contributed by atoms with van der Waals surface area (Å²) in [7, 11) is 3.19. The molecule has 0 unspecified atom stereocenters. The van der Waals surface area contributed by atoms with Crippen LogP contribution in [0, 0.1) is 0 Å². The standard InChI is InChI=1S/C23H26N2O4/c1-5-8-15(2)25-22(26)17-9-6-7-10-18(17)23-24-14-21(29-23)19-12-11-16(27-3)13-20(19)28-4/h6-7,9-15H,5,8H2,1-4H3,(H,25,26)/t15-/m0/s1. The highest BCUT2D eigenvalue weighted by Gasteiger charge is 2.19. The number of methoxy groups -OCH3 is 2. The Kier molecular flexibility index (Phi) is 6.54. The number of rotatable bonds is 8. The van der Waals surface area contributed by atoms with Gasteiger partial charge in [-0.2, -0.15) is 0 Å². The quantitative estimate of drug-likeness (QED) is 0.585. The summed E-state index contributed by atoms with van der Waals surface area (Å²) in [5.74, 6) is 2.10. The van der Waals surface area contributed by atoms with Crippen LogP contribution in [-0.4, -0.2) is 31.2 Å². The molecule has 6 nitrogen and oxygen atoms in total. The molecular formula is C23H26N2O4. The molecular weight excluding hydrogens is 368 g/mol. The predicted octanol–water partition coefficient (Wildman–Crippen LogP) is 4.94. The third kappa shape index (κ3) is 4.59. The van der Waals surface area contributed by atoms with Crippen LogP contribution in [0.1, 0.15) is 37.0 Å². The first kappa shape index (κ1) is 20.5. The molecule has 0 aliphatic heterocycles. The second kappa shape index (κ2) is 9.28. The fourth-order valence-corrected chi connectivity index (χ4v) is 3.20. The predicted molar refractivity (Wildman–Crippen MR) is 112 cm³/mol. The van der Waals surface area contributed by atoms with Crippen LogP contribution >= 0.6 is 0 Å². The Hall–Kier alpha value is -3.28. The maximum absolute atomic E-state index is 12.8. The summed E-state index contributed by atoms with van der Waals surface area (Å²) in [6.07, 6.45) is 3.57. The van der Waals surface area contributed by atoms with E-state index in [1.54, 1.807) is 32.5 Å². The van der Waals surface area contributed by atoms with Crippen molar-refractivity contribution in [2.75, 3.05) is 14.2 Å². The van der Waals surface area contributed by atoms with E-state index < -0.39 is 0 Å². The van der Waals surface area contributed by atoms with Crippen LogP contribution in [0.5, 0.6) is 11.5 Å². The molecule has 152 valence electrons. The van der Waals surface area contributed by atoms with Crippen LogP contribution < -0.4 is 14.8 Å². The zero-order chi connectivity index (χ0) is 20.8. The summed E-state index contributed by atoms with van der Waals surface area (Å²) < 4.78 is 16.7. The maximum Gasteiger partial charge on any atom is 0.252 e. The van der Waals surface area contributed by atoms with Gasteiger partial charge in [0.05, 0.1) is 31.5 Å². The van der Waals surface area contributed by atoms with Gasteiger partial charge in [-0.15, -0.1) is 0 Å². The fourth-order valence-electron chi connectivity index (χ4n) is 3.20. The summed E-state index contributed by atoms with van der Waals surface area (Å²) in [5, 5.41) is 3.03. The van der Waals surface area contributed by atoms with Crippen molar-refractivity contribution in [3.63, 3.8) is 0 Å². The molecule has 0 saturated carbocycles. The summed E-state index contributed by atoms with van der Waals surface area (Å²) in [4.78, 5) is 17.2. The van der Waals surface area contributed by atoms with E-state index in [-0.39, 0.29) is 11.9 Å².